The molecule has 0 radical (unpaired) electrons. The summed E-state index contributed by atoms with van der Waals surface area (Å²) >= 11 is 3.94. The van der Waals surface area contributed by atoms with Crippen molar-refractivity contribution in [2.75, 3.05) is 24.2 Å². The third-order valence-corrected chi connectivity index (χ3v) is 6.29. The molecule has 1 aliphatic rings. The fourth-order valence-corrected chi connectivity index (χ4v) is 5.03. The Labute approximate surface area is 131 Å². The highest BCUT2D eigenvalue weighted by atomic mass is 32.2. The SMILES string of the molecule is CNCc1sc(N2CCSC(C)C2C)nc1C(C)(C)C. The average molecular weight is 314 g/mol. The van der Waals surface area contributed by atoms with E-state index in [2.05, 4.69) is 56.6 Å². The van der Waals surface area contributed by atoms with Crippen molar-refractivity contribution in [1.82, 2.24) is 10.3 Å². The predicted octanol–water partition coefficient (Wildman–Crippen LogP) is 3.49. The molecule has 1 aliphatic heterocycles. The minimum Gasteiger partial charge on any atom is -0.343 e. The molecule has 5 heteroatoms. The van der Waals surface area contributed by atoms with E-state index in [1.807, 2.05) is 18.4 Å². The Hall–Kier alpha value is -0.260. The van der Waals surface area contributed by atoms with Gasteiger partial charge in [-0.05, 0) is 14.0 Å². The zero-order chi connectivity index (χ0) is 14.9. The van der Waals surface area contributed by atoms with Gasteiger partial charge in [-0.1, -0.05) is 27.7 Å². The highest BCUT2D eigenvalue weighted by Crippen LogP contribution is 2.37. The van der Waals surface area contributed by atoms with Crippen LogP contribution in [0, 0.1) is 0 Å². The molecule has 2 unspecified atom stereocenters. The number of aromatic nitrogens is 1. The molecule has 114 valence electrons. The molecule has 1 fully saturated rings. The van der Waals surface area contributed by atoms with Gasteiger partial charge in [-0.15, -0.1) is 11.3 Å². The van der Waals surface area contributed by atoms with Gasteiger partial charge in [0.05, 0.1) is 5.69 Å². The molecule has 0 spiro atoms. The van der Waals surface area contributed by atoms with Gasteiger partial charge in [0.1, 0.15) is 0 Å². The summed E-state index contributed by atoms with van der Waals surface area (Å²) in [5.41, 5.74) is 1.37. The number of rotatable bonds is 3. The largest absolute Gasteiger partial charge is 0.343 e. The van der Waals surface area contributed by atoms with E-state index in [0.29, 0.717) is 11.3 Å². The van der Waals surface area contributed by atoms with E-state index in [1.165, 1.54) is 21.5 Å². The van der Waals surface area contributed by atoms with Crippen molar-refractivity contribution in [3.05, 3.63) is 10.6 Å². The van der Waals surface area contributed by atoms with E-state index in [-0.39, 0.29) is 5.41 Å². The molecule has 1 aromatic heterocycles. The first-order chi connectivity index (χ1) is 9.34. The molecule has 2 rings (SSSR count). The lowest BCUT2D eigenvalue weighted by Gasteiger charge is -2.37. The first-order valence-electron chi connectivity index (χ1n) is 7.37. The van der Waals surface area contributed by atoms with Crippen molar-refractivity contribution in [2.45, 2.75) is 57.9 Å². The quantitative estimate of drug-likeness (QED) is 0.924. The molecule has 0 amide bonds. The van der Waals surface area contributed by atoms with Gasteiger partial charge < -0.3 is 10.2 Å². The molecule has 3 nitrogen and oxygen atoms in total. The van der Waals surface area contributed by atoms with Crippen LogP contribution in [-0.4, -0.2) is 35.6 Å². The second-order valence-electron chi connectivity index (χ2n) is 6.56. The lowest BCUT2D eigenvalue weighted by Crippen LogP contribution is -2.44. The maximum atomic E-state index is 5.00. The van der Waals surface area contributed by atoms with E-state index < -0.39 is 0 Å². The molecule has 0 bridgehead atoms. The zero-order valence-electron chi connectivity index (χ0n) is 13.5. The standard InChI is InChI=1S/C15H27N3S2/c1-10-11(2)19-8-7-18(10)14-17-13(15(3,4)5)12(20-14)9-16-6/h10-11,16H,7-9H2,1-6H3. The third kappa shape index (κ3) is 3.31. The van der Waals surface area contributed by atoms with E-state index in [1.54, 1.807) is 0 Å². The average Bonchev–Trinajstić information content (AvgIpc) is 2.77. The van der Waals surface area contributed by atoms with Crippen molar-refractivity contribution in [1.29, 1.82) is 0 Å². The number of hydrogen-bond donors (Lipinski definition) is 1. The minimum absolute atomic E-state index is 0.111. The van der Waals surface area contributed by atoms with Crippen LogP contribution in [0.15, 0.2) is 0 Å². The smallest absolute Gasteiger partial charge is 0.186 e. The monoisotopic (exact) mass is 313 g/mol. The molecule has 0 saturated carbocycles. The van der Waals surface area contributed by atoms with Crippen molar-refractivity contribution < 1.29 is 0 Å². The van der Waals surface area contributed by atoms with Crippen LogP contribution in [0.2, 0.25) is 0 Å². The molecule has 0 aliphatic carbocycles. The van der Waals surface area contributed by atoms with Crippen molar-refractivity contribution in [3.8, 4) is 0 Å². The second kappa shape index (κ2) is 6.24. The van der Waals surface area contributed by atoms with Crippen molar-refractivity contribution in [3.63, 3.8) is 0 Å². The van der Waals surface area contributed by atoms with Crippen LogP contribution >= 0.6 is 23.1 Å². The number of anilines is 1. The molecular formula is C15H27N3S2. The fraction of sp³-hybridized carbons (Fsp3) is 0.800. The Kier molecular flexibility index (Phi) is 5.03. The summed E-state index contributed by atoms with van der Waals surface area (Å²) in [7, 11) is 2.01. The fourth-order valence-electron chi connectivity index (χ4n) is 2.53. The van der Waals surface area contributed by atoms with Crippen LogP contribution in [0.4, 0.5) is 5.13 Å². The Bertz CT molecular complexity index is 450. The van der Waals surface area contributed by atoms with Crippen LogP contribution in [0.5, 0.6) is 0 Å². The Morgan fingerprint density at radius 2 is 2.05 bits per heavy atom. The molecule has 1 aromatic rings. The third-order valence-electron chi connectivity index (χ3n) is 3.86. The van der Waals surface area contributed by atoms with Gasteiger partial charge in [0, 0.05) is 40.4 Å². The Balaban J connectivity index is 2.32. The summed E-state index contributed by atoms with van der Waals surface area (Å²) in [5, 5.41) is 5.17. The summed E-state index contributed by atoms with van der Waals surface area (Å²) < 4.78 is 0. The first-order valence-corrected chi connectivity index (χ1v) is 9.24. The van der Waals surface area contributed by atoms with Crippen LogP contribution in [0.25, 0.3) is 0 Å². The molecule has 1 saturated heterocycles. The highest BCUT2D eigenvalue weighted by Gasteiger charge is 2.30. The molecular weight excluding hydrogens is 286 g/mol. The summed E-state index contributed by atoms with van der Waals surface area (Å²) in [6, 6.07) is 0.565. The number of thiazole rings is 1. The molecule has 1 N–H and O–H groups in total. The number of nitrogens with zero attached hydrogens (tertiary/aromatic N) is 2. The summed E-state index contributed by atoms with van der Waals surface area (Å²) in [6.07, 6.45) is 0. The normalized spacial score (nSPS) is 24.2. The van der Waals surface area contributed by atoms with Crippen LogP contribution in [0.3, 0.4) is 0 Å². The zero-order valence-corrected chi connectivity index (χ0v) is 15.1. The van der Waals surface area contributed by atoms with Gasteiger partial charge in [0.25, 0.3) is 0 Å². The topological polar surface area (TPSA) is 28.2 Å². The first kappa shape index (κ1) is 16.1. The molecule has 2 heterocycles. The van der Waals surface area contributed by atoms with Gasteiger partial charge in [-0.2, -0.15) is 11.8 Å². The summed E-state index contributed by atoms with van der Waals surface area (Å²) in [4.78, 5) is 8.89. The molecule has 0 aromatic carbocycles. The van der Waals surface area contributed by atoms with Crippen LogP contribution < -0.4 is 10.2 Å². The lowest BCUT2D eigenvalue weighted by molar-refractivity contribution is 0.559. The minimum atomic E-state index is 0.111. The second-order valence-corrected chi connectivity index (χ2v) is 9.11. The van der Waals surface area contributed by atoms with Crippen molar-refractivity contribution in [2.24, 2.45) is 0 Å². The number of nitrogens with one attached hydrogen (secondary N) is 1. The number of hydrogen-bond acceptors (Lipinski definition) is 5. The van der Waals surface area contributed by atoms with E-state index >= 15 is 0 Å². The van der Waals surface area contributed by atoms with E-state index in [4.69, 9.17) is 4.98 Å². The van der Waals surface area contributed by atoms with Gasteiger partial charge in [0.15, 0.2) is 5.13 Å². The number of thioether (sulfide) groups is 1. The highest BCUT2D eigenvalue weighted by molar-refractivity contribution is 8.00. The van der Waals surface area contributed by atoms with E-state index in [9.17, 15) is 0 Å². The van der Waals surface area contributed by atoms with Gasteiger partial charge >= 0.3 is 0 Å². The Morgan fingerprint density at radius 3 is 2.65 bits per heavy atom. The van der Waals surface area contributed by atoms with Crippen LogP contribution in [-0.2, 0) is 12.0 Å². The Morgan fingerprint density at radius 1 is 1.35 bits per heavy atom. The van der Waals surface area contributed by atoms with Crippen LogP contribution in [0.1, 0.15) is 45.2 Å². The van der Waals surface area contributed by atoms with Gasteiger partial charge in [-0.3, -0.25) is 0 Å². The summed E-state index contributed by atoms with van der Waals surface area (Å²) in [5.74, 6) is 1.21. The van der Waals surface area contributed by atoms with Gasteiger partial charge in [-0.25, -0.2) is 4.98 Å². The maximum absolute atomic E-state index is 5.00. The van der Waals surface area contributed by atoms with E-state index in [0.717, 1.165) is 13.1 Å². The molecule has 20 heavy (non-hydrogen) atoms. The summed E-state index contributed by atoms with van der Waals surface area (Å²) in [6.45, 7) is 13.4. The maximum Gasteiger partial charge on any atom is 0.186 e. The van der Waals surface area contributed by atoms with Crippen molar-refractivity contribution >= 4 is 28.2 Å². The predicted molar refractivity (Wildman–Crippen MR) is 92.3 cm³/mol. The van der Waals surface area contributed by atoms with Gasteiger partial charge in [0.2, 0.25) is 0 Å². The lowest BCUT2D eigenvalue weighted by atomic mass is 9.91. The molecule has 2 atom stereocenters.